The van der Waals surface area contributed by atoms with Gasteiger partial charge in [0.1, 0.15) is 5.52 Å². The number of carbonyl (C=O) groups excluding carboxylic acids is 1. The Morgan fingerprint density at radius 1 is 1.04 bits per heavy atom. The summed E-state index contributed by atoms with van der Waals surface area (Å²) in [6.45, 7) is 2.02. The van der Waals surface area contributed by atoms with Crippen molar-refractivity contribution in [1.82, 2.24) is 4.98 Å². The standard InChI is InChI=1S/C21H15BrN2O2/c1-13-6-11-19-18(12-13)24-21(26-19)14-7-9-15(10-8-14)23-20(25)16-4-2-3-5-17(16)22/h2-12H,1H3,(H,23,25). The van der Waals surface area contributed by atoms with Gasteiger partial charge in [0.15, 0.2) is 5.58 Å². The van der Waals surface area contributed by atoms with E-state index in [-0.39, 0.29) is 5.91 Å². The summed E-state index contributed by atoms with van der Waals surface area (Å²) in [5.41, 5.74) is 4.90. The normalized spacial score (nSPS) is 10.8. The Kier molecular flexibility index (Phi) is 4.31. The molecule has 5 heteroatoms. The van der Waals surface area contributed by atoms with Gasteiger partial charge in [0.2, 0.25) is 5.89 Å². The molecule has 1 aromatic heterocycles. The smallest absolute Gasteiger partial charge is 0.256 e. The van der Waals surface area contributed by atoms with Crippen molar-refractivity contribution in [3.63, 3.8) is 0 Å². The van der Waals surface area contributed by atoms with Gasteiger partial charge in [-0.2, -0.15) is 0 Å². The summed E-state index contributed by atoms with van der Waals surface area (Å²) in [5, 5.41) is 2.89. The van der Waals surface area contributed by atoms with Crippen molar-refractivity contribution in [2.75, 3.05) is 5.32 Å². The fraction of sp³-hybridized carbons (Fsp3) is 0.0476. The largest absolute Gasteiger partial charge is 0.436 e. The summed E-state index contributed by atoms with van der Waals surface area (Å²) in [6.07, 6.45) is 0. The number of amides is 1. The van der Waals surface area contributed by atoms with Crippen LogP contribution in [0.1, 0.15) is 15.9 Å². The van der Waals surface area contributed by atoms with Crippen LogP contribution in [0.4, 0.5) is 5.69 Å². The molecule has 0 atom stereocenters. The highest BCUT2D eigenvalue weighted by molar-refractivity contribution is 9.10. The van der Waals surface area contributed by atoms with Crippen molar-refractivity contribution in [2.45, 2.75) is 6.92 Å². The van der Waals surface area contributed by atoms with Gasteiger partial charge >= 0.3 is 0 Å². The molecule has 0 unspecified atom stereocenters. The predicted molar refractivity (Wildman–Crippen MR) is 106 cm³/mol. The third-order valence-corrected chi connectivity index (χ3v) is 4.74. The van der Waals surface area contributed by atoms with E-state index in [0.29, 0.717) is 17.1 Å². The number of benzene rings is 3. The van der Waals surface area contributed by atoms with Crippen LogP contribution in [0.3, 0.4) is 0 Å². The molecule has 0 bridgehead atoms. The van der Waals surface area contributed by atoms with Crippen molar-refractivity contribution in [1.29, 1.82) is 0 Å². The lowest BCUT2D eigenvalue weighted by Crippen LogP contribution is -2.12. The zero-order valence-electron chi connectivity index (χ0n) is 14.0. The number of hydrogen-bond acceptors (Lipinski definition) is 3. The van der Waals surface area contributed by atoms with E-state index >= 15 is 0 Å². The van der Waals surface area contributed by atoms with Crippen LogP contribution in [0.2, 0.25) is 0 Å². The maximum Gasteiger partial charge on any atom is 0.256 e. The number of fused-ring (bicyclic) bond motifs is 1. The molecule has 0 radical (unpaired) electrons. The number of aromatic nitrogens is 1. The highest BCUT2D eigenvalue weighted by Crippen LogP contribution is 2.26. The Morgan fingerprint density at radius 3 is 2.58 bits per heavy atom. The van der Waals surface area contributed by atoms with Crippen molar-refractivity contribution in [2.24, 2.45) is 0 Å². The minimum absolute atomic E-state index is 0.164. The molecule has 0 aliphatic heterocycles. The first-order valence-corrected chi connectivity index (χ1v) is 8.93. The van der Waals surface area contributed by atoms with Crippen LogP contribution in [0.5, 0.6) is 0 Å². The van der Waals surface area contributed by atoms with Gasteiger partial charge in [-0.3, -0.25) is 4.79 Å². The summed E-state index contributed by atoms with van der Waals surface area (Å²) < 4.78 is 6.57. The predicted octanol–water partition coefficient (Wildman–Crippen LogP) is 5.82. The average Bonchev–Trinajstić information content (AvgIpc) is 3.05. The molecule has 1 N–H and O–H groups in total. The summed E-state index contributed by atoms with van der Waals surface area (Å²) in [7, 11) is 0. The molecule has 1 heterocycles. The molecule has 128 valence electrons. The van der Waals surface area contributed by atoms with E-state index in [1.807, 2.05) is 67.6 Å². The van der Waals surface area contributed by atoms with E-state index in [2.05, 4.69) is 26.2 Å². The first kappa shape index (κ1) is 16.5. The third-order valence-electron chi connectivity index (χ3n) is 4.05. The van der Waals surface area contributed by atoms with Crippen molar-refractivity contribution in [3.05, 3.63) is 82.3 Å². The van der Waals surface area contributed by atoms with E-state index in [9.17, 15) is 4.79 Å². The number of hydrogen-bond donors (Lipinski definition) is 1. The molecule has 0 aliphatic carbocycles. The summed E-state index contributed by atoms with van der Waals surface area (Å²) in [6, 6.07) is 20.7. The van der Waals surface area contributed by atoms with Crippen LogP contribution in [-0.2, 0) is 0 Å². The SMILES string of the molecule is Cc1ccc2oc(-c3ccc(NC(=O)c4ccccc4Br)cc3)nc2c1. The molecule has 1 amide bonds. The molecular weight excluding hydrogens is 392 g/mol. The minimum Gasteiger partial charge on any atom is -0.436 e. The Labute approximate surface area is 159 Å². The maximum absolute atomic E-state index is 12.4. The molecule has 26 heavy (non-hydrogen) atoms. The van der Waals surface area contributed by atoms with Gasteiger partial charge in [-0.25, -0.2) is 4.98 Å². The number of nitrogens with one attached hydrogen (secondary N) is 1. The van der Waals surface area contributed by atoms with Crippen LogP contribution >= 0.6 is 15.9 Å². The van der Waals surface area contributed by atoms with E-state index < -0.39 is 0 Å². The Hall–Kier alpha value is -2.92. The lowest BCUT2D eigenvalue weighted by Gasteiger charge is -2.07. The quantitative estimate of drug-likeness (QED) is 0.466. The second-order valence-corrected chi connectivity index (χ2v) is 6.86. The molecular formula is C21H15BrN2O2. The second kappa shape index (κ2) is 6.77. The number of oxazole rings is 1. The molecule has 4 rings (SSSR count). The lowest BCUT2D eigenvalue weighted by atomic mass is 10.2. The second-order valence-electron chi connectivity index (χ2n) is 6.00. The van der Waals surface area contributed by atoms with E-state index in [1.54, 1.807) is 6.07 Å². The van der Waals surface area contributed by atoms with Gasteiger partial charge in [-0.15, -0.1) is 0 Å². The van der Waals surface area contributed by atoms with Crippen molar-refractivity contribution >= 4 is 38.6 Å². The molecule has 3 aromatic carbocycles. The Bertz CT molecular complexity index is 1100. The van der Waals surface area contributed by atoms with Crippen LogP contribution in [0.25, 0.3) is 22.6 Å². The fourth-order valence-corrected chi connectivity index (χ4v) is 3.17. The van der Waals surface area contributed by atoms with Crippen LogP contribution in [0.15, 0.2) is 75.6 Å². The van der Waals surface area contributed by atoms with Crippen LogP contribution in [0, 0.1) is 6.92 Å². The molecule has 0 saturated heterocycles. The van der Waals surface area contributed by atoms with Gasteiger partial charge in [0.05, 0.1) is 5.56 Å². The maximum atomic E-state index is 12.4. The molecule has 0 aliphatic rings. The molecule has 0 spiro atoms. The van der Waals surface area contributed by atoms with Gasteiger partial charge in [-0.1, -0.05) is 18.2 Å². The van der Waals surface area contributed by atoms with E-state index in [4.69, 9.17) is 4.42 Å². The Balaban J connectivity index is 1.56. The van der Waals surface area contributed by atoms with Crippen LogP contribution < -0.4 is 5.32 Å². The van der Waals surface area contributed by atoms with Gasteiger partial charge in [0, 0.05) is 15.7 Å². The number of halogens is 1. The van der Waals surface area contributed by atoms with Crippen molar-refractivity contribution < 1.29 is 9.21 Å². The zero-order chi connectivity index (χ0) is 18.1. The zero-order valence-corrected chi connectivity index (χ0v) is 15.6. The fourth-order valence-electron chi connectivity index (χ4n) is 2.70. The van der Waals surface area contributed by atoms with Crippen LogP contribution in [-0.4, -0.2) is 10.9 Å². The topological polar surface area (TPSA) is 55.1 Å². The van der Waals surface area contributed by atoms with E-state index in [1.165, 1.54) is 0 Å². The highest BCUT2D eigenvalue weighted by atomic mass is 79.9. The Morgan fingerprint density at radius 2 is 1.81 bits per heavy atom. The average molecular weight is 407 g/mol. The summed E-state index contributed by atoms with van der Waals surface area (Å²) in [4.78, 5) is 16.9. The third kappa shape index (κ3) is 3.26. The number of nitrogens with zero attached hydrogens (tertiary/aromatic N) is 1. The van der Waals surface area contributed by atoms with Crippen molar-refractivity contribution in [3.8, 4) is 11.5 Å². The van der Waals surface area contributed by atoms with E-state index in [0.717, 1.165) is 26.7 Å². The first-order valence-electron chi connectivity index (χ1n) is 8.14. The number of carbonyl (C=O) groups is 1. The number of rotatable bonds is 3. The molecule has 4 aromatic rings. The van der Waals surface area contributed by atoms with Gasteiger partial charge < -0.3 is 9.73 Å². The molecule has 4 nitrogen and oxygen atoms in total. The van der Waals surface area contributed by atoms with Gasteiger partial charge in [-0.05, 0) is 76.9 Å². The molecule has 0 saturated carbocycles. The number of anilines is 1. The monoisotopic (exact) mass is 406 g/mol. The number of aryl methyl sites for hydroxylation is 1. The summed E-state index contributed by atoms with van der Waals surface area (Å²) >= 11 is 3.39. The lowest BCUT2D eigenvalue weighted by molar-refractivity contribution is 0.102. The minimum atomic E-state index is -0.164. The van der Waals surface area contributed by atoms with Gasteiger partial charge in [0.25, 0.3) is 5.91 Å². The molecule has 0 fully saturated rings. The highest BCUT2D eigenvalue weighted by Gasteiger charge is 2.11. The summed E-state index contributed by atoms with van der Waals surface area (Å²) in [5.74, 6) is 0.400. The first-order chi connectivity index (χ1) is 12.6.